The average molecular weight is 407 g/mol. The number of thioether (sulfide) groups is 1. The zero-order chi connectivity index (χ0) is 20.8. The van der Waals surface area contributed by atoms with Crippen LogP contribution in [0.4, 0.5) is 5.95 Å². The van der Waals surface area contributed by atoms with Gasteiger partial charge in [0.25, 0.3) is 0 Å². The second-order valence-corrected chi connectivity index (χ2v) is 8.94. The maximum atomic E-state index is 13.3. The van der Waals surface area contributed by atoms with Gasteiger partial charge in [0.15, 0.2) is 5.78 Å². The topological polar surface area (TPSA) is 112 Å². The van der Waals surface area contributed by atoms with Crippen LogP contribution in [0.5, 0.6) is 0 Å². The van der Waals surface area contributed by atoms with Gasteiger partial charge in [-0.2, -0.15) is 15.3 Å². The van der Waals surface area contributed by atoms with Crippen LogP contribution < -0.4 is 10.6 Å². The minimum absolute atomic E-state index is 0.0416. The molecule has 0 saturated heterocycles. The van der Waals surface area contributed by atoms with Crippen molar-refractivity contribution < 1.29 is 4.79 Å². The highest BCUT2D eigenvalue weighted by atomic mass is 32.2. The van der Waals surface area contributed by atoms with E-state index in [1.165, 1.54) is 6.33 Å². The van der Waals surface area contributed by atoms with Crippen molar-refractivity contribution in [3.05, 3.63) is 58.8 Å². The molecule has 2 aromatic rings. The van der Waals surface area contributed by atoms with Gasteiger partial charge in [-0.3, -0.25) is 9.69 Å². The molecule has 0 saturated carbocycles. The molecule has 0 amide bonds. The van der Waals surface area contributed by atoms with Gasteiger partial charge in [-0.1, -0.05) is 26.0 Å². The molecular weight excluding hydrogens is 384 g/mol. The molecule has 0 fully saturated rings. The van der Waals surface area contributed by atoms with Crippen molar-refractivity contribution in [2.24, 2.45) is 11.1 Å². The Kier molecular flexibility index (Phi) is 4.71. The summed E-state index contributed by atoms with van der Waals surface area (Å²) in [5.41, 5.74) is 8.94. The van der Waals surface area contributed by atoms with Crippen LogP contribution in [0.1, 0.15) is 38.2 Å². The molecule has 8 heteroatoms. The lowest BCUT2D eigenvalue weighted by molar-refractivity contribution is -0.118. The Morgan fingerprint density at radius 3 is 2.62 bits per heavy atom. The van der Waals surface area contributed by atoms with Crippen LogP contribution >= 0.6 is 11.8 Å². The monoisotopic (exact) mass is 406 g/mol. The molecule has 0 bridgehead atoms. The lowest BCUT2D eigenvalue weighted by Crippen LogP contribution is -2.42. The number of nitrogens with two attached hydrogens (primary N) is 1. The van der Waals surface area contributed by atoms with Gasteiger partial charge in [-0.15, -0.1) is 11.8 Å². The third kappa shape index (κ3) is 3.21. The summed E-state index contributed by atoms with van der Waals surface area (Å²) in [6.45, 7) is 4.13. The molecule has 0 spiro atoms. The van der Waals surface area contributed by atoms with Crippen molar-refractivity contribution in [2.45, 2.75) is 37.5 Å². The molecule has 29 heavy (non-hydrogen) atoms. The van der Waals surface area contributed by atoms with Crippen LogP contribution in [0.3, 0.4) is 0 Å². The van der Waals surface area contributed by atoms with Crippen molar-refractivity contribution in [1.29, 1.82) is 5.26 Å². The van der Waals surface area contributed by atoms with Crippen LogP contribution in [0, 0.1) is 16.7 Å². The summed E-state index contributed by atoms with van der Waals surface area (Å²) in [5, 5.41) is 16.7. The molecule has 1 aliphatic heterocycles. The number of rotatable bonds is 3. The Labute approximate surface area is 173 Å². The van der Waals surface area contributed by atoms with E-state index in [0.717, 1.165) is 16.2 Å². The fourth-order valence-corrected chi connectivity index (χ4v) is 4.60. The van der Waals surface area contributed by atoms with Crippen LogP contribution in [0.2, 0.25) is 0 Å². The molecule has 1 aromatic carbocycles. The second-order valence-electron chi connectivity index (χ2n) is 8.06. The number of allylic oxidation sites excluding steroid dienone is 3. The predicted molar refractivity (Wildman–Crippen MR) is 112 cm³/mol. The largest absolute Gasteiger partial charge is 0.384 e. The van der Waals surface area contributed by atoms with Crippen molar-refractivity contribution in [3.8, 4) is 6.07 Å². The Morgan fingerprint density at radius 1 is 1.31 bits per heavy atom. The number of nitriles is 1. The Hall–Kier alpha value is -3.05. The maximum absolute atomic E-state index is 13.3. The van der Waals surface area contributed by atoms with E-state index in [4.69, 9.17) is 5.73 Å². The molecule has 2 aliphatic rings. The zero-order valence-electron chi connectivity index (χ0n) is 16.6. The highest BCUT2D eigenvalue weighted by molar-refractivity contribution is 7.98. The van der Waals surface area contributed by atoms with E-state index >= 15 is 0 Å². The highest BCUT2D eigenvalue weighted by Gasteiger charge is 2.45. The molecule has 0 radical (unpaired) electrons. The number of anilines is 1. The Morgan fingerprint density at radius 2 is 2.03 bits per heavy atom. The minimum Gasteiger partial charge on any atom is -0.384 e. The number of nitrogens with one attached hydrogen (secondary N) is 1. The number of hydrogen-bond donors (Lipinski definition) is 2. The third-order valence-corrected chi connectivity index (χ3v) is 6.19. The SMILES string of the molecule is CSc1ccc([C@H]2C(C#N)=C(N)N(c3ncn[nH]3)C3=C2C(=O)CC(C)(C)C3)cc1. The molecule has 1 atom stereocenters. The first-order valence-electron chi connectivity index (χ1n) is 9.31. The average Bonchev–Trinajstić information content (AvgIpc) is 3.20. The number of aromatic amines is 1. The van der Waals surface area contributed by atoms with Crippen molar-refractivity contribution >= 4 is 23.5 Å². The molecule has 3 N–H and O–H groups in total. The normalized spacial score (nSPS) is 21.2. The number of H-pyrrole nitrogens is 1. The van der Waals surface area contributed by atoms with Crippen molar-refractivity contribution in [1.82, 2.24) is 15.2 Å². The minimum atomic E-state index is -0.478. The number of carbonyl (C=O) groups is 1. The van der Waals surface area contributed by atoms with Crippen LogP contribution in [0.15, 0.2) is 58.2 Å². The Balaban J connectivity index is 1.96. The van der Waals surface area contributed by atoms with Gasteiger partial charge in [0.1, 0.15) is 12.1 Å². The first-order valence-corrected chi connectivity index (χ1v) is 10.5. The van der Waals surface area contributed by atoms with Gasteiger partial charge < -0.3 is 5.73 Å². The highest BCUT2D eigenvalue weighted by Crippen LogP contribution is 2.49. The molecule has 7 nitrogen and oxygen atoms in total. The van der Waals surface area contributed by atoms with Crippen molar-refractivity contribution in [3.63, 3.8) is 0 Å². The number of hydrogen-bond acceptors (Lipinski definition) is 7. The molecule has 1 aliphatic carbocycles. The summed E-state index contributed by atoms with van der Waals surface area (Å²) in [6, 6.07) is 10.2. The van der Waals surface area contributed by atoms with E-state index in [-0.39, 0.29) is 17.0 Å². The fraction of sp³-hybridized carbons (Fsp3) is 0.333. The number of nitrogens with zero attached hydrogens (tertiary/aromatic N) is 4. The van der Waals surface area contributed by atoms with Gasteiger partial charge in [-0.05, 0) is 35.8 Å². The number of Topliss-reactive ketones (excluding diaryl/α,β-unsaturated/α-hetero) is 1. The van der Waals surface area contributed by atoms with Gasteiger partial charge in [-0.25, -0.2) is 5.10 Å². The summed E-state index contributed by atoms with van der Waals surface area (Å²) in [5.74, 6) is 0.255. The zero-order valence-corrected chi connectivity index (χ0v) is 17.4. The standard InChI is InChI=1S/C21H22N6OS/c1-21(2)8-15-18(16(28)9-21)17(12-4-6-13(29-3)7-5-12)14(10-22)19(23)27(15)20-24-11-25-26-20/h4-7,11,17H,8-9,23H2,1-3H3,(H,24,25,26)/t17-/m0/s1. The van der Waals surface area contributed by atoms with Gasteiger partial charge in [0.2, 0.25) is 5.95 Å². The van der Waals surface area contributed by atoms with Gasteiger partial charge in [0.05, 0.1) is 17.6 Å². The van der Waals surface area contributed by atoms with Gasteiger partial charge >= 0.3 is 0 Å². The quantitative estimate of drug-likeness (QED) is 0.751. The van der Waals surface area contributed by atoms with E-state index in [2.05, 4.69) is 35.1 Å². The maximum Gasteiger partial charge on any atom is 0.231 e. The first-order chi connectivity index (χ1) is 13.9. The lowest BCUT2D eigenvalue weighted by Gasteiger charge is -2.42. The van der Waals surface area contributed by atoms with E-state index < -0.39 is 5.92 Å². The van der Waals surface area contributed by atoms with E-state index in [0.29, 0.717) is 29.9 Å². The number of aromatic nitrogens is 3. The predicted octanol–water partition coefficient (Wildman–Crippen LogP) is 3.47. The Bertz CT molecular complexity index is 1060. The van der Waals surface area contributed by atoms with Crippen LogP contribution in [0.25, 0.3) is 0 Å². The van der Waals surface area contributed by atoms with Crippen LogP contribution in [-0.4, -0.2) is 27.2 Å². The number of carbonyl (C=O) groups excluding carboxylic acids is 1. The summed E-state index contributed by atoms with van der Waals surface area (Å²) < 4.78 is 0. The molecule has 2 heterocycles. The fourth-order valence-electron chi connectivity index (χ4n) is 4.19. The second kappa shape index (κ2) is 7.08. The lowest BCUT2D eigenvalue weighted by atomic mass is 9.68. The van der Waals surface area contributed by atoms with Crippen molar-refractivity contribution in [2.75, 3.05) is 11.2 Å². The van der Waals surface area contributed by atoms with Gasteiger partial charge in [0, 0.05) is 22.6 Å². The number of benzene rings is 1. The molecule has 4 rings (SSSR count). The number of ketones is 1. The molecule has 0 unspecified atom stereocenters. The van der Waals surface area contributed by atoms with E-state index in [9.17, 15) is 10.1 Å². The smallest absolute Gasteiger partial charge is 0.231 e. The first kappa shape index (κ1) is 19.3. The summed E-state index contributed by atoms with van der Waals surface area (Å²) in [4.78, 5) is 20.4. The summed E-state index contributed by atoms with van der Waals surface area (Å²) in [6.07, 6.45) is 4.47. The molecule has 1 aromatic heterocycles. The van der Waals surface area contributed by atoms with Crippen LogP contribution in [-0.2, 0) is 4.79 Å². The van der Waals surface area contributed by atoms with E-state index in [1.54, 1.807) is 16.7 Å². The summed E-state index contributed by atoms with van der Waals surface area (Å²) >= 11 is 1.64. The third-order valence-electron chi connectivity index (χ3n) is 5.44. The molecular formula is C21H22N6OS. The molecule has 148 valence electrons. The summed E-state index contributed by atoms with van der Waals surface area (Å²) in [7, 11) is 0. The van der Waals surface area contributed by atoms with E-state index in [1.807, 2.05) is 30.5 Å².